The van der Waals surface area contributed by atoms with Gasteiger partial charge in [0.25, 0.3) is 0 Å². The predicted octanol–water partition coefficient (Wildman–Crippen LogP) is 4.49. The summed E-state index contributed by atoms with van der Waals surface area (Å²) in [6, 6.07) is 7.39. The lowest BCUT2D eigenvalue weighted by atomic mass is 9.90. The van der Waals surface area contributed by atoms with Gasteiger partial charge in [-0.25, -0.2) is 0 Å². The van der Waals surface area contributed by atoms with Gasteiger partial charge in [0.15, 0.2) is 0 Å². The van der Waals surface area contributed by atoms with E-state index >= 15 is 0 Å². The molecule has 1 aromatic carbocycles. The number of benzene rings is 1. The summed E-state index contributed by atoms with van der Waals surface area (Å²) in [6.07, 6.45) is 8.08. The predicted molar refractivity (Wildman–Crippen MR) is 90.2 cm³/mol. The molecule has 3 rings (SSSR count). The van der Waals surface area contributed by atoms with Gasteiger partial charge in [0.1, 0.15) is 0 Å². The van der Waals surface area contributed by atoms with Crippen molar-refractivity contribution in [3.05, 3.63) is 33.8 Å². The van der Waals surface area contributed by atoms with Gasteiger partial charge in [-0.15, -0.1) is 0 Å². The van der Waals surface area contributed by atoms with Gasteiger partial charge >= 0.3 is 0 Å². The largest absolute Gasteiger partial charge is 0.310 e. The highest BCUT2D eigenvalue weighted by Crippen LogP contribution is 2.27. The minimum absolute atomic E-state index is 0.631. The van der Waals surface area contributed by atoms with Crippen molar-refractivity contribution in [3.63, 3.8) is 0 Å². The molecule has 0 aromatic heterocycles. The normalized spacial score (nSPS) is 27.1. The number of halogens is 2. The third-order valence-electron chi connectivity index (χ3n) is 4.93. The fourth-order valence-electron chi connectivity index (χ4n) is 3.66. The molecular weight excluding hydrogens is 303 g/mol. The Morgan fingerprint density at radius 2 is 1.71 bits per heavy atom. The number of nitrogens with zero attached hydrogens (tertiary/aromatic N) is 1. The molecule has 0 atom stereocenters. The van der Waals surface area contributed by atoms with Crippen LogP contribution in [0.4, 0.5) is 0 Å². The maximum Gasteiger partial charge on any atom is 0.0595 e. The van der Waals surface area contributed by atoms with Gasteiger partial charge in [0.2, 0.25) is 0 Å². The van der Waals surface area contributed by atoms with Crippen molar-refractivity contribution in [3.8, 4) is 0 Å². The first-order valence-corrected chi connectivity index (χ1v) is 8.89. The van der Waals surface area contributed by atoms with Gasteiger partial charge in [0, 0.05) is 18.6 Å². The van der Waals surface area contributed by atoms with E-state index < -0.39 is 0 Å². The minimum atomic E-state index is 0.631. The Labute approximate surface area is 137 Å². The minimum Gasteiger partial charge on any atom is -0.310 e. The molecule has 1 saturated carbocycles. The third-order valence-corrected chi connectivity index (χ3v) is 5.67. The molecule has 1 aliphatic heterocycles. The van der Waals surface area contributed by atoms with E-state index in [-0.39, 0.29) is 0 Å². The van der Waals surface area contributed by atoms with Crippen LogP contribution in [0.5, 0.6) is 0 Å². The molecule has 1 aliphatic carbocycles. The van der Waals surface area contributed by atoms with Crippen molar-refractivity contribution in [2.45, 2.75) is 57.2 Å². The molecule has 0 radical (unpaired) electrons. The fourth-order valence-corrected chi connectivity index (χ4v) is 3.98. The molecule has 2 fully saturated rings. The van der Waals surface area contributed by atoms with Gasteiger partial charge in [-0.1, -0.05) is 29.3 Å². The monoisotopic (exact) mass is 326 g/mol. The van der Waals surface area contributed by atoms with Crippen molar-refractivity contribution < 1.29 is 0 Å². The van der Waals surface area contributed by atoms with Crippen molar-refractivity contribution in [2.75, 3.05) is 13.1 Å². The lowest BCUT2D eigenvalue weighted by Gasteiger charge is -2.34. The number of likely N-dealkylation sites (tertiary alicyclic amines) is 1. The lowest BCUT2D eigenvalue weighted by Crippen LogP contribution is -2.41. The summed E-state index contributed by atoms with van der Waals surface area (Å²) < 4.78 is 0. The Bertz CT molecular complexity index is 464. The molecule has 2 nitrogen and oxygen atoms in total. The zero-order chi connectivity index (χ0) is 14.7. The summed E-state index contributed by atoms with van der Waals surface area (Å²) in [4.78, 5) is 2.70. The van der Waals surface area contributed by atoms with Crippen LogP contribution in [-0.2, 0) is 6.54 Å². The topological polar surface area (TPSA) is 15.3 Å². The molecule has 1 aromatic rings. The number of hydrogen-bond acceptors (Lipinski definition) is 2. The van der Waals surface area contributed by atoms with E-state index in [1.807, 2.05) is 12.1 Å². The number of hydrogen-bond donors (Lipinski definition) is 1. The van der Waals surface area contributed by atoms with Crippen LogP contribution in [0, 0.1) is 0 Å². The zero-order valence-corrected chi connectivity index (χ0v) is 14.0. The van der Waals surface area contributed by atoms with Crippen LogP contribution < -0.4 is 5.32 Å². The standard InChI is InChI=1S/C17H24Cl2N2/c18-16-8-3-13(11-17(16)19)12-20-14-4-6-15(7-5-14)21-9-1-2-10-21/h3,8,11,14-15,20H,1-2,4-7,9-10,12H2. The summed E-state index contributed by atoms with van der Waals surface area (Å²) in [5.74, 6) is 0. The van der Waals surface area contributed by atoms with Gasteiger partial charge in [-0.05, 0) is 69.3 Å². The quantitative estimate of drug-likeness (QED) is 0.876. The first-order chi connectivity index (χ1) is 10.2. The Balaban J connectivity index is 1.43. The van der Waals surface area contributed by atoms with Crippen LogP contribution in [-0.4, -0.2) is 30.1 Å². The van der Waals surface area contributed by atoms with E-state index in [4.69, 9.17) is 23.2 Å². The van der Waals surface area contributed by atoms with E-state index in [9.17, 15) is 0 Å². The molecule has 1 saturated heterocycles. The highest BCUT2D eigenvalue weighted by atomic mass is 35.5. The van der Waals surface area contributed by atoms with Crippen molar-refractivity contribution in [2.24, 2.45) is 0 Å². The second-order valence-electron chi connectivity index (χ2n) is 6.38. The molecule has 1 N–H and O–H groups in total. The van der Waals surface area contributed by atoms with Crippen LogP contribution >= 0.6 is 23.2 Å². The van der Waals surface area contributed by atoms with Gasteiger partial charge in [-0.3, -0.25) is 0 Å². The molecule has 0 unspecified atom stereocenters. The average molecular weight is 327 g/mol. The first kappa shape index (κ1) is 15.6. The van der Waals surface area contributed by atoms with Crippen LogP contribution in [0.3, 0.4) is 0 Å². The Hall–Kier alpha value is -0.280. The molecule has 0 spiro atoms. The van der Waals surface area contributed by atoms with Crippen LogP contribution in [0.2, 0.25) is 10.0 Å². The summed E-state index contributed by atoms with van der Waals surface area (Å²) >= 11 is 12.0. The SMILES string of the molecule is Clc1ccc(CNC2CCC(N3CCCC3)CC2)cc1Cl. The molecule has 2 aliphatic rings. The van der Waals surface area contributed by atoms with Crippen molar-refractivity contribution in [1.29, 1.82) is 0 Å². The highest BCUT2D eigenvalue weighted by Gasteiger charge is 2.27. The van der Waals surface area contributed by atoms with Crippen molar-refractivity contribution in [1.82, 2.24) is 10.2 Å². The summed E-state index contributed by atoms with van der Waals surface area (Å²) in [7, 11) is 0. The molecule has 4 heteroatoms. The van der Waals surface area contributed by atoms with Crippen LogP contribution in [0.15, 0.2) is 18.2 Å². The maximum absolute atomic E-state index is 6.06. The molecule has 116 valence electrons. The van der Waals surface area contributed by atoms with Gasteiger partial charge in [0.05, 0.1) is 10.0 Å². The summed E-state index contributed by atoms with van der Waals surface area (Å²) in [6.45, 7) is 3.54. The van der Waals surface area contributed by atoms with Crippen LogP contribution in [0.25, 0.3) is 0 Å². The molecule has 0 amide bonds. The summed E-state index contributed by atoms with van der Waals surface area (Å²) in [5.41, 5.74) is 1.21. The highest BCUT2D eigenvalue weighted by molar-refractivity contribution is 6.42. The Morgan fingerprint density at radius 1 is 1.00 bits per heavy atom. The zero-order valence-electron chi connectivity index (χ0n) is 12.5. The molecule has 1 heterocycles. The third kappa shape index (κ3) is 4.13. The maximum atomic E-state index is 6.06. The number of nitrogens with one attached hydrogen (secondary N) is 1. The van der Waals surface area contributed by atoms with Gasteiger partial charge in [-0.2, -0.15) is 0 Å². The van der Waals surface area contributed by atoms with Crippen LogP contribution in [0.1, 0.15) is 44.1 Å². The Kier molecular flexibility index (Phi) is 5.44. The first-order valence-electron chi connectivity index (χ1n) is 8.14. The molecule has 0 bridgehead atoms. The van der Waals surface area contributed by atoms with E-state index in [0.717, 1.165) is 12.6 Å². The average Bonchev–Trinajstić information content (AvgIpc) is 3.03. The molecular formula is C17H24Cl2N2. The van der Waals surface area contributed by atoms with Crippen molar-refractivity contribution >= 4 is 23.2 Å². The smallest absolute Gasteiger partial charge is 0.0595 e. The molecule has 21 heavy (non-hydrogen) atoms. The summed E-state index contributed by atoms with van der Waals surface area (Å²) in [5, 5.41) is 4.95. The second-order valence-corrected chi connectivity index (χ2v) is 7.19. The van der Waals surface area contributed by atoms with E-state index in [2.05, 4.69) is 16.3 Å². The fraction of sp³-hybridized carbons (Fsp3) is 0.647. The van der Waals surface area contributed by atoms with E-state index in [1.54, 1.807) is 0 Å². The lowest BCUT2D eigenvalue weighted by molar-refractivity contribution is 0.173. The van der Waals surface area contributed by atoms with E-state index in [0.29, 0.717) is 16.1 Å². The van der Waals surface area contributed by atoms with E-state index in [1.165, 1.54) is 57.2 Å². The van der Waals surface area contributed by atoms with Gasteiger partial charge < -0.3 is 10.2 Å². The second kappa shape index (κ2) is 7.32. The number of rotatable bonds is 4. The Morgan fingerprint density at radius 3 is 2.38 bits per heavy atom.